The fourth-order valence-corrected chi connectivity index (χ4v) is 7.34. The molecular weight excluding hydrogens is 725 g/mol. The number of halogens is 7. The molecule has 1 aromatic heterocycles. The molecule has 2 aliphatic heterocycles. The molecule has 1 unspecified atom stereocenters. The van der Waals surface area contributed by atoms with Gasteiger partial charge in [-0.15, -0.1) is 0 Å². The summed E-state index contributed by atoms with van der Waals surface area (Å²) in [5.41, 5.74) is -4.69. The third kappa shape index (κ3) is 8.30. The minimum atomic E-state index is -4.96. The summed E-state index contributed by atoms with van der Waals surface area (Å²) >= 11 is 0. The molecule has 1 fully saturated rings. The number of hydrogen-bond acceptors (Lipinski definition) is 6. The van der Waals surface area contributed by atoms with Crippen LogP contribution < -0.4 is 16.6 Å². The van der Waals surface area contributed by atoms with Crippen molar-refractivity contribution in [2.24, 2.45) is 0 Å². The van der Waals surface area contributed by atoms with E-state index in [1.54, 1.807) is 36.4 Å². The molecule has 54 heavy (non-hydrogen) atoms. The summed E-state index contributed by atoms with van der Waals surface area (Å²) in [6, 6.07) is 15.4. The predicted octanol–water partition coefficient (Wildman–Crippen LogP) is 6.45. The number of nitrogens with zero attached hydrogens (tertiary/aromatic N) is 3. The number of hydrogen-bond donors (Lipinski definition) is 2. The minimum Gasteiger partial charge on any atom is -0.481 e. The van der Waals surface area contributed by atoms with E-state index in [2.05, 4.69) is 5.32 Å². The Balaban J connectivity index is 1.40. The summed E-state index contributed by atoms with van der Waals surface area (Å²) in [5.74, 6) is -2.20. The zero-order valence-electron chi connectivity index (χ0n) is 28.9. The van der Waals surface area contributed by atoms with Gasteiger partial charge in [-0.25, -0.2) is 9.18 Å². The van der Waals surface area contributed by atoms with Crippen LogP contribution in [0.2, 0.25) is 0 Å². The topological polar surface area (TPSA) is 106 Å². The Labute approximate surface area is 304 Å². The van der Waals surface area contributed by atoms with E-state index in [1.165, 1.54) is 6.07 Å². The Hall–Kier alpha value is -4.80. The number of ether oxygens (including phenoxy) is 1. The number of nitrogens with one attached hydrogen (secondary N) is 1. The van der Waals surface area contributed by atoms with E-state index in [1.807, 2.05) is 4.90 Å². The third-order valence-corrected chi connectivity index (χ3v) is 10.1. The Morgan fingerprint density at radius 1 is 0.889 bits per heavy atom. The van der Waals surface area contributed by atoms with Gasteiger partial charge in [0.2, 0.25) is 0 Å². The van der Waals surface area contributed by atoms with Gasteiger partial charge in [0.15, 0.2) is 0 Å². The molecule has 2 aliphatic rings. The van der Waals surface area contributed by atoms with Gasteiger partial charge in [0, 0.05) is 31.6 Å². The van der Waals surface area contributed by atoms with Gasteiger partial charge < -0.3 is 15.2 Å². The Morgan fingerprint density at radius 3 is 2.26 bits per heavy atom. The van der Waals surface area contributed by atoms with Gasteiger partial charge in [0.05, 0.1) is 48.1 Å². The summed E-state index contributed by atoms with van der Waals surface area (Å²) in [6.07, 6.45) is -9.04. The maximum Gasteiger partial charge on any atom is 0.416 e. The van der Waals surface area contributed by atoms with E-state index in [9.17, 15) is 40.7 Å². The van der Waals surface area contributed by atoms with Crippen molar-refractivity contribution in [2.75, 3.05) is 19.6 Å². The predicted molar refractivity (Wildman–Crippen MR) is 182 cm³/mol. The first-order chi connectivity index (χ1) is 25.6. The Morgan fingerprint density at radius 2 is 1.59 bits per heavy atom. The molecule has 3 aromatic carbocycles. The molecule has 3 heterocycles. The number of benzene rings is 3. The highest BCUT2D eigenvalue weighted by Gasteiger charge is 2.47. The molecule has 0 amide bonds. The second-order valence-electron chi connectivity index (χ2n) is 13.5. The highest BCUT2D eigenvalue weighted by molar-refractivity contribution is 5.66. The molecule has 1 saturated heterocycles. The molecule has 2 N–H and O–H groups in total. The molecule has 9 nitrogen and oxygen atoms in total. The molecular formula is C38H37F7N4O5. The molecule has 4 aromatic rings. The third-order valence-electron chi connectivity index (χ3n) is 10.1. The second-order valence-corrected chi connectivity index (χ2v) is 13.5. The Bertz CT molecular complexity index is 2110. The van der Waals surface area contributed by atoms with E-state index in [0.29, 0.717) is 17.2 Å². The van der Waals surface area contributed by atoms with Crippen LogP contribution in [0, 0.1) is 5.82 Å². The van der Waals surface area contributed by atoms with Gasteiger partial charge in [-0.05, 0) is 55.1 Å². The van der Waals surface area contributed by atoms with Gasteiger partial charge in [0.1, 0.15) is 11.4 Å². The van der Waals surface area contributed by atoms with Crippen molar-refractivity contribution < 1.29 is 45.4 Å². The standard InChI is InChI=1S/C38H37F7N4O5/c39-29-12-5-11-28(38(43,44)45)27(29)21-48-31-23-54-36(14-17-47(18-15-36)20-24-7-4-10-26(19-24)37(40,41)42)33(31)34(52)49(35(48)53)22-30(25-8-2-1-3-9-25)46-16-6-13-32(50)51/h1-5,7-12,19,30,46H,6,13-18,20-23H2,(H,50,51). The van der Waals surface area contributed by atoms with Crippen LogP contribution in [0.4, 0.5) is 30.7 Å². The highest BCUT2D eigenvalue weighted by Crippen LogP contribution is 2.43. The first kappa shape index (κ1) is 38.9. The summed E-state index contributed by atoms with van der Waals surface area (Å²) in [6.45, 7) is -0.556. The van der Waals surface area contributed by atoms with Crippen LogP contribution in [0.25, 0.3) is 0 Å². The summed E-state index contributed by atoms with van der Waals surface area (Å²) in [7, 11) is 0. The van der Waals surface area contributed by atoms with Crippen LogP contribution in [0.15, 0.2) is 82.4 Å². The summed E-state index contributed by atoms with van der Waals surface area (Å²) in [4.78, 5) is 41.9. The fourth-order valence-electron chi connectivity index (χ4n) is 7.34. The van der Waals surface area contributed by atoms with E-state index in [0.717, 1.165) is 33.4 Å². The number of aromatic nitrogens is 2. The van der Waals surface area contributed by atoms with E-state index in [4.69, 9.17) is 9.84 Å². The van der Waals surface area contributed by atoms with Crippen molar-refractivity contribution in [3.05, 3.63) is 139 Å². The van der Waals surface area contributed by atoms with Crippen LogP contribution in [0.3, 0.4) is 0 Å². The SMILES string of the molecule is O=C(O)CCCNC(Cn1c(=O)c2c(n(Cc3c(F)cccc3C(F)(F)F)c1=O)COC21CCN(Cc2cccc(C(F)(F)F)c2)CC1)c1ccccc1. The molecule has 0 aliphatic carbocycles. The van der Waals surface area contributed by atoms with Gasteiger partial charge >= 0.3 is 24.0 Å². The van der Waals surface area contributed by atoms with Crippen LogP contribution in [0.5, 0.6) is 0 Å². The lowest BCUT2D eigenvalue weighted by Crippen LogP contribution is -2.50. The van der Waals surface area contributed by atoms with Crippen molar-refractivity contribution in [3.63, 3.8) is 0 Å². The van der Waals surface area contributed by atoms with Crippen LogP contribution in [-0.4, -0.2) is 44.7 Å². The lowest BCUT2D eigenvalue weighted by atomic mass is 9.85. The number of carboxylic acid groups (broad SMARTS) is 1. The van der Waals surface area contributed by atoms with Gasteiger partial charge in [0.25, 0.3) is 5.56 Å². The van der Waals surface area contributed by atoms with Crippen molar-refractivity contribution >= 4 is 5.97 Å². The van der Waals surface area contributed by atoms with E-state index < -0.39 is 70.3 Å². The van der Waals surface area contributed by atoms with Gasteiger partial charge in [-0.1, -0.05) is 54.6 Å². The van der Waals surface area contributed by atoms with Crippen LogP contribution >= 0.6 is 0 Å². The van der Waals surface area contributed by atoms with Gasteiger partial charge in [-0.3, -0.25) is 23.6 Å². The van der Waals surface area contributed by atoms with Crippen molar-refractivity contribution in [1.29, 1.82) is 0 Å². The summed E-state index contributed by atoms with van der Waals surface area (Å²) in [5, 5.41) is 12.3. The normalized spacial score (nSPS) is 16.4. The molecule has 288 valence electrons. The average Bonchev–Trinajstić information content (AvgIpc) is 3.49. The lowest BCUT2D eigenvalue weighted by molar-refractivity contribution is -0.139. The Kier molecular flexibility index (Phi) is 11.2. The number of fused-ring (bicyclic) bond motifs is 2. The quantitative estimate of drug-likeness (QED) is 0.126. The number of carbonyl (C=O) groups is 1. The zero-order valence-corrected chi connectivity index (χ0v) is 28.9. The molecule has 0 bridgehead atoms. The van der Waals surface area contributed by atoms with Crippen LogP contribution in [0.1, 0.15) is 70.8 Å². The largest absolute Gasteiger partial charge is 0.481 e. The molecule has 16 heteroatoms. The zero-order chi connectivity index (χ0) is 38.8. The second kappa shape index (κ2) is 15.5. The number of carboxylic acids is 1. The van der Waals surface area contributed by atoms with E-state index in [-0.39, 0.29) is 76.3 Å². The number of aliphatic carboxylic acids is 1. The summed E-state index contributed by atoms with van der Waals surface area (Å²) < 4.78 is 106. The molecule has 1 atom stereocenters. The number of rotatable bonds is 12. The molecule has 0 radical (unpaired) electrons. The fraction of sp³-hybridized carbons (Fsp3) is 0.395. The van der Waals surface area contributed by atoms with Crippen molar-refractivity contribution in [2.45, 2.75) is 75.9 Å². The minimum absolute atomic E-state index is 0.0228. The maximum absolute atomic E-state index is 15.2. The highest BCUT2D eigenvalue weighted by atomic mass is 19.4. The molecule has 6 rings (SSSR count). The first-order valence-corrected chi connectivity index (χ1v) is 17.3. The molecule has 1 spiro atoms. The van der Waals surface area contributed by atoms with Gasteiger partial charge in [-0.2, -0.15) is 26.3 Å². The van der Waals surface area contributed by atoms with Crippen molar-refractivity contribution in [3.8, 4) is 0 Å². The van der Waals surface area contributed by atoms with E-state index >= 15 is 4.39 Å². The van der Waals surface area contributed by atoms with Crippen LogP contribution in [-0.2, 0) is 53.7 Å². The number of piperidine rings is 1. The smallest absolute Gasteiger partial charge is 0.416 e. The number of alkyl halides is 6. The lowest BCUT2D eigenvalue weighted by Gasteiger charge is -2.39. The monoisotopic (exact) mass is 762 g/mol. The number of likely N-dealkylation sites (tertiary alicyclic amines) is 1. The van der Waals surface area contributed by atoms with Crippen molar-refractivity contribution in [1.82, 2.24) is 19.4 Å². The molecule has 0 saturated carbocycles. The maximum atomic E-state index is 15.2. The average molecular weight is 763 g/mol. The first-order valence-electron chi connectivity index (χ1n) is 17.3.